The van der Waals surface area contributed by atoms with E-state index in [0.29, 0.717) is 28.2 Å². The smallest absolute Gasteiger partial charge is 0.261 e. The minimum absolute atomic E-state index is 0.0994. The van der Waals surface area contributed by atoms with Crippen LogP contribution in [0.4, 0.5) is 11.4 Å². The topological polar surface area (TPSA) is 117 Å². The fraction of sp³-hybridized carbons (Fsp3) is 0.0435. The molecule has 0 amide bonds. The van der Waals surface area contributed by atoms with Crippen molar-refractivity contribution >= 4 is 38.1 Å². The number of rotatable bonds is 7. The summed E-state index contributed by atoms with van der Waals surface area (Å²) in [5.74, 6) is 0.829. The molecule has 0 unspecified atom stereocenters. The highest BCUT2D eigenvalue weighted by molar-refractivity contribution is 7.92. The molecule has 0 saturated heterocycles. The number of aromatic nitrogens is 1. The van der Waals surface area contributed by atoms with E-state index in [-0.39, 0.29) is 16.4 Å². The minimum Gasteiger partial charge on any atom is -0.497 e. The molecule has 2 N–H and O–H groups in total. The number of fused-ring (bicyclic) bond motifs is 1. The summed E-state index contributed by atoms with van der Waals surface area (Å²) in [4.78, 5) is 4.40. The van der Waals surface area contributed by atoms with Gasteiger partial charge in [0, 0.05) is 17.6 Å². The molecular weight excluding hydrogens is 428 g/mol. The summed E-state index contributed by atoms with van der Waals surface area (Å²) in [6.07, 6.45) is 1.46. The zero-order valence-electron chi connectivity index (χ0n) is 16.9. The zero-order valence-corrected chi connectivity index (χ0v) is 17.8. The highest BCUT2D eigenvalue weighted by atomic mass is 32.2. The van der Waals surface area contributed by atoms with Crippen LogP contribution in [0.15, 0.2) is 88.3 Å². The predicted molar refractivity (Wildman–Crippen MR) is 121 cm³/mol. The lowest BCUT2D eigenvalue weighted by atomic mass is 10.3. The van der Waals surface area contributed by atoms with Crippen LogP contribution in [-0.2, 0) is 10.0 Å². The second-order valence-corrected chi connectivity index (χ2v) is 8.34. The molecule has 9 heteroatoms. The van der Waals surface area contributed by atoms with Crippen molar-refractivity contribution in [3.05, 3.63) is 84.9 Å². The van der Waals surface area contributed by atoms with Crippen LogP contribution in [0, 0.1) is 11.3 Å². The van der Waals surface area contributed by atoms with Gasteiger partial charge in [0.1, 0.15) is 22.9 Å². The molecule has 3 aromatic carbocycles. The Morgan fingerprint density at radius 3 is 2.38 bits per heavy atom. The number of anilines is 2. The first-order valence-corrected chi connectivity index (χ1v) is 11.0. The van der Waals surface area contributed by atoms with Gasteiger partial charge in [-0.15, -0.1) is 0 Å². The van der Waals surface area contributed by atoms with Crippen LogP contribution in [0.25, 0.3) is 16.7 Å². The number of allylic oxidation sites excluding steroid dienone is 1. The Morgan fingerprint density at radius 2 is 1.72 bits per heavy atom. The van der Waals surface area contributed by atoms with Crippen molar-refractivity contribution in [2.75, 3.05) is 17.1 Å². The molecule has 1 aromatic heterocycles. The normalized spacial score (nSPS) is 11.7. The SMILES string of the molecule is COc1ccc(NS(=O)(=O)c2ccc(N/C=C(\C#N)c3nc4ccccc4o3)cc2)cc1. The van der Waals surface area contributed by atoms with Gasteiger partial charge in [0.25, 0.3) is 10.0 Å². The highest BCUT2D eigenvalue weighted by Gasteiger charge is 2.14. The minimum atomic E-state index is -3.75. The van der Waals surface area contributed by atoms with Gasteiger partial charge in [0.2, 0.25) is 5.89 Å². The van der Waals surface area contributed by atoms with E-state index in [4.69, 9.17) is 9.15 Å². The van der Waals surface area contributed by atoms with Gasteiger partial charge >= 0.3 is 0 Å². The molecule has 32 heavy (non-hydrogen) atoms. The molecule has 0 bridgehead atoms. The summed E-state index contributed by atoms with van der Waals surface area (Å²) in [7, 11) is -2.22. The van der Waals surface area contributed by atoms with Crippen LogP contribution in [0.1, 0.15) is 5.89 Å². The Bertz CT molecular complexity index is 1380. The van der Waals surface area contributed by atoms with E-state index in [1.54, 1.807) is 48.5 Å². The number of oxazole rings is 1. The number of nitrogens with zero attached hydrogens (tertiary/aromatic N) is 2. The van der Waals surface area contributed by atoms with E-state index in [2.05, 4.69) is 15.0 Å². The quantitative estimate of drug-likeness (QED) is 0.398. The van der Waals surface area contributed by atoms with Gasteiger partial charge in [0.05, 0.1) is 12.0 Å². The van der Waals surface area contributed by atoms with Crippen molar-refractivity contribution in [2.24, 2.45) is 0 Å². The molecule has 4 aromatic rings. The molecule has 0 aliphatic heterocycles. The number of ether oxygens (including phenoxy) is 1. The Morgan fingerprint density at radius 1 is 1.03 bits per heavy atom. The lowest BCUT2D eigenvalue weighted by molar-refractivity contribution is 0.415. The van der Waals surface area contributed by atoms with E-state index in [9.17, 15) is 13.7 Å². The molecule has 8 nitrogen and oxygen atoms in total. The first kappa shape index (κ1) is 21.0. The molecule has 0 aliphatic rings. The maximum atomic E-state index is 12.6. The van der Waals surface area contributed by atoms with Crippen LogP contribution in [-0.4, -0.2) is 20.5 Å². The third-order valence-electron chi connectivity index (χ3n) is 4.53. The molecule has 0 radical (unpaired) electrons. The monoisotopic (exact) mass is 446 g/mol. The predicted octanol–water partition coefficient (Wildman–Crippen LogP) is 4.61. The largest absolute Gasteiger partial charge is 0.497 e. The lowest BCUT2D eigenvalue weighted by Gasteiger charge is -2.09. The molecule has 4 rings (SSSR count). The summed E-state index contributed by atoms with van der Waals surface area (Å²) in [6.45, 7) is 0. The van der Waals surface area contributed by atoms with Crippen LogP contribution in [0.5, 0.6) is 5.75 Å². The number of methoxy groups -OCH3 is 1. The van der Waals surface area contributed by atoms with E-state index in [1.165, 1.54) is 25.4 Å². The van der Waals surface area contributed by atoms with Crippen LogP contribution < -0.4 is 14.8 Å². The zero-order chi connectivity index (χ0) is 22.6. The molecule has 1 heterocycles. The Balaban J connectivity index is 1.48. The van der Waals surface area contributed by atoms with Crippen LogP contribution in [0.3, 0.4) is 0 Å². The van der Waals surface area contributed by atoms with Crippen LogP contribution in [0.2, 0.25) is 0 Å². The van der Waals surface area contributed by atoms with Gasteiger partial charge in [-0.25, -0.2) is 13.4 Å². The third-order valence-corrected chi connectivity index (χ3v) is 5.93. The van der Waals surface area contributed by atoms with Gasteiger partial charge in [-0.1, -0.05) is 12.1 Å². The Hall–Kier alpha value is -4.29. The highest BCUT2D eigenvalue weighted by Crippen LogP contribution is 2.22. The molecule has 0 atom stereocenters. The standard InChI is InChI=1S/C23H18N4O4S/c1-30-19-10-6-18(7-11-19)27-32(28,29)20-12-8-17(9-13-20)25-15-16(14-24)23-26-21-4-2-3-5-22(21)31-23/h2-13,15,25,27H,1H3/b16-15+. The molecule has 0 saturated carbocycles. The Labute approximate surface area is 184 Å². The molecule has 0 fully saturated rings. The number of para-hydroxylation sites is 2. The van der Waals surface area contributed by atoms with Crippen molar-refractivity contribution < 1.29 is 17.6 Å². The third kappa shape index (κ3) is 4.55. The number of hydrogen-bond acceptors (Lipinski definition) is 7. The maximum Gasteiger partial charge on any atom is 0.261 e. The number of hydrogen-bond donors (Lipinski definition) is 2. The van der Waals surface area contributed by atoms with Gasteiger partial charge in [0.15, 0.2) is 5.58 Å². The first-order chi connectivity index (χ1) is 15.5. The van der Waals surface area contributed by atoms with E-state index >= 15 is 0 Å². The molecule has 0 aliphatic carbocycles. The Kier molecular flexibility index (Phi) is 5.79. The number of sulfonamides is 1. The summed E-state index contributed by atoms with van der Waals surface area (Å²) >= 11 is 0. The first-order valence-electron chi connectivity index (χ1n) is 9.48. The van der Waals surface area contributed by atoms with Gasteiger partial charge in [-0.2, -0.15) is 5.26 Å². The van der Waals surface area contributed by atoms with Crippen molar-refractivity contribution in [2.45, 2.75) is 4.90 Å². The number of nitriles is 1. The van der Waals surface area contributed by atoms with E-state index in [0.717, 1.165) is 0 Å². The average Bonchev–Trinajstić information content (AvgIpc) is 3.24. The van der Waals surface area contributed by atoms with Crippen molar-refractivity contribution in [3.63, 3.8) is 0 Å². The van der Waals surface area contributed by atoms with Gasteiger partial charge in [-0.05, 0) is 60.7 Å². The van der Waals surface area contributed by atoms with Crippen molar-refractivity contribution in [3.8, 4) is 11.8 Å². The summed E-state index contributed by atoms with van der Waals surface area (Å²) in [5, 5.41) is 12.4. The van der Waals surface area contributed by atoms with E-state index < -0.39 is 10.0 Å². The molecular formula is C23H18N4O4S. The second kappa shape index (κ2) is 8.83. The van der Waals surface area contributed by atoms with Crippen LogP contribution >= 0.6 is 0 Å². The summed E-state index contributed by atoms with van der Waals surface area (Å²) < 4.78 is 38.4. The lowest BCUT2D eigenvalue weighted by Crippen LogP contribution is -2.12. The summed E-state index contributed by atoms with van der Waals surface area (Å²) in [5.41, 5.74) is 2.47. The van der Waals surface area contributed by atoms with E-state index in [1.807, 2.05) is 18.2 Å². The van der Waals surface area contributed by atoms with Crippen molar-refractivity contribution in [1.82, 2.24) is 4.98 Å². The van der Waals surface area contributed by atoms with Crippen molar-refractivity contribution in [1.29, 1.82) is 5.26 Å². The second-order valence-electron chi connectivity index (χ2n) is 6.66. The average molecular weight is 446 g/mol. The molecule has 160 valence electrons. The van der Waals surface area contributed by atoms with Gasteiger partial charge in [-0.3, -0.25) is 4.72 Å². The van der Waals surface area contributed by atoms with Gasteiger partial charge < -0.3 is 14.5 Å². The summed E-state index contributed by atoms with van der Waals surface area (Å²) in [6, 6.07) is 22.0. The number of nitrogens with one attached hydrogen (secondary N) is 2. The fourth-order valence-corrected chi connectivity index (χ4v) is 3.95. The number of benzene rings is 3. The maximum absolute atomic E-state index is 12.6. The fourth-order valence-electron chi connectivity index (χ4n) is 2.89. The molecule has 0 spiro atoms.